The molecular weight excluding hydrogens is 297 g/mol. The third-order valence-electron chi connectivity index (χ3n) is 3.33. The minimum atomic E-state index is -4.31. The molecule has 2 aromatic rings. The van der Waals surface area contributed by atoms with Crippen molar-refractivity contribution in [2.24, 2.45) is 5.84 Å². The van der Waals surface area contributed by atoms with Crippen LogP contribution in [0.25, 0.3) is 0 Å². The van der Waals surface area contributed by atoms with Crippen LogP contribution in [-0.2, 0) is 19.0 Å². The van der Waals surface area contributed by atoms with Gasteiger partial charge in [0.05, 0.1) is 5.56 Å². The number of nitrogens with one attached hydrogen (secondary N) is 1. The average molecular weight is 314 g/mol. The van der Waals surface area contributed by atoms with Crippen LogP contribution in [-0.4, -0.2) is 6.04 Å². The van der Waals surface area contributed by atoms with Crippen LogP contribution in [0.2, 0.25) is 0 Å². The maximum absolute atomic E-state index is 12.7. The van der Waals surface area contributed by atoms with E-state index in [0.29, 0.717) is 12.0 Å². The van der Waals surface area contributed by atoms with Crippen LogP contribution in [0, 0.1) is 0 Å². The fraction of sp³-hybridized carbons (Fsp3) is 0.333. The maximum atomic E-state index is 12.7. The summed E-state index contributed by atoms with van der Waals surface area (Å²) in [4.78, 5) is 0. The van der Waals surface area contributed by atoms with Crippen molar-refractivity contribution in [2.75, 3.05) is 0 Å². The van der Waals surface area contributed by atoms with E-state index in [4.69, 9.17) is 5.84 Å². The molecule has 1 atom stereocenters. The topological polar surface area (TPSA) is 38.0 Å². The number of halogens is 3. The molecule has 0 aliphatic carbocycles. The van der Waals surface area contributed by atoms with Crippen LogP contribution in [0.4, 0.5) is 13.2 Å². The molecule has 0 radical (unpaired) electrons. The second-order valence-corrected chi connectivity index (χ2v) is 5.72. The smallest absolute Gasteiger partial charge is 0.271 e. The van der Waals surface area contributed by atoms with Crippen LogP contribution in [0.3, 0.4) is 0 Å². The van der Waals surface area contributed by atoms with E-state index in [1.807, 2.05) is 11.4 Å². The molecular formula is C15H17F3N2S. The van der Waals surface area contributed by atoms with Gasteiger partial charge in [0, 0.05) is 6.04 Å². The van der Waals surface area contributed by atoms with Crippen molar-refractivity contribution in [3.63, 3.8) is 0 Å². The van der Waals surface area contributed by atoms with Gasteiger partial charge in [-0.1, -0.05) is 18.2 Å². The van der Waals surface area contributed by atoms with Gasteiger partial charge < -0.3 is 0 Å². The van der Waals surface area contributed by atoms with Gasteiger partial charge in [-0.3, -0.25) is 11.3 Å². The number of aryl methyl sites for hydroxylation is 1. The van der Waals surface area contributed by atoms with Crippen molar-refractivity contribution < 1.29 is 13.2 Å². The number of hydrogen-bond donors (Lipinski definition) is 2. The quantitative estimate of drug-likeness (QED) is 0.629. The number of benzene rings is 1. The van der Waals surface area contributed by atoms with Crippen molar-refractivity contribution in [3.8, 4) is 0 Å². The second-order valence-electron chi connectivity index (χ2n) is 4.94. The van der Waals surface area contributed by atoms with E-state index in [1.54, 1.807) is 17.4 Å². The summed E-state index contributed by atoms with van der Waals surface area (Å²) in [5.74, 6) is 5.51. The fourth-order valence-electron chi connectivity index (χ4n) is 2.18. The summed E-state index contributed by atoms with van der Waals surface area (Å²) in [5.41, 5.74) is 3.94. The molecule has 6 heteroatoms. The Balaban J connectivity index is 1.98. The minimum Gasteiger partial charge on any atom is -0.271 e. The first kappa shape index (κ1) is 16.0. The van der Waals surface area contributed by atoms with Crippen molar-refractivity contribution >= 4 is 11.3 Å². The SMILES string of the molecule is NNC(CCc1ccsc1)Cc1cccc(C(F)(F)F)c1. The van der Waals surface area contributed by atoms with Gasteiger partial charge >= 0.3 is 6.18 Å². The molecule has 0 aliphatic rings. The van der Waals surface area contributed by atoms with Gasteiger partial charge in [-0.05, 0) is 53.3 Å². The third-order valence-corrected chi connectivity index (χ3v) is 4.07. The molecule has 2 rings (SSSR count). The molecule has 0 amide bonds. The van der Waals surface area contributed by atoms with E-state index >= 15 is 0 Å². The number of alkyl halides is 3. The van der Waals surface area contributed by atoms with Gasteiger partial charge in [0.15, 0.2) is 0 Å². The lowest BCUT2D eigenvalue weighted by atomic mass is 9.99. The van der Waals surface area contributed by atoms with Gasteiger partial charge in [-0.2, -0.15) is 24.5 Å². The Morgan fingerprint density at radius 1 is 1.19 bits per heavy atom. The molecule has 0 saturated heterocycles. The Labute approximate surface area is 125 Å². The highest BCUT2D eigenvalue weighted by Crippen LogP contribution is 2.29. The molecule has 114 valence electrons. The van der Waals surface area contributed by atoms with E-state index in [9.17, 15) is 13.2 Å². The first-order valence-electron chi connectivity index (χ1n) is 6.62. The van der Waals surface area contributed by atoms with Crippen LogP contribution < -0.4 is 11.3 Å². The largest absolute Gasteiger partial charge is 0.416 e. The average Bonchev–Trinajstić information content (AvgIpc) is 2.96. The van der Waals surface area contributed by atoms with E-state index in [-0.39, 0.29) is 6.04 Å². The summed E-state index contributed by atoms with van der Waals surface area (Å²) < 4.78 is 38.0. The Morgan fingerprint density at radius 2 is 2.00 bits per heavy atom. The van der Waals surface area contributed by atoms with Gasteiger partial charge in [-0.25, -0.2) is 0 Å². The third kappa shape index (κ3) is 4.84. The highest BCUT2D eigenvalue weighted by atomic mass is 32.1. The first-order valence-corrected chi connectivity index (χ1v) is 7.56. The Bertz CT molecular complexity index is 552. The van der Waals surface area contributed by atoms with E-state index in [0.717, 1.165) is 18.9 Å². The Morgan fingerprint density at radius 3 is 2.62 bits per heavy atom. The molecule has 0 aliphatic heterocycles. The molecule has 3 N–H and O–H groups in total. The summed E-state index contributed by atoms with van der Waals surface area (Å²) in [5, 5.41) is 4.07. The summed E-state index contributed by atoms with van der Waals surface area (Å²) in [6.07, 6.45) is -2.19. The van der Waals surface area contributed by atoms with Gasteiger partial charge in [0.25, 0.3) is 0 Å². The molecule has 1 aromatic heterocycles. The van der Waals surface area contributed by atoms with Crippen LogP contribution >= 0.6 is 11.3 Å². The normalized spacial score (nSPS) is 13.3. The molecule has 1 heterocycles. The zero-order valence-corrected chi connectivity index (χ0v) is 12.2. The van der Waals surface area contributed by atoms with Crippen molar-refractivity contribution in [1.82, 2.24) is 5.43 Å². The number of hydrazine groups is 1. The molecule has 0 spiro atoms. The molecule has 1 aromatic carbocycles. The first-order chi connectivity index (χ1) is 9.99. The van der Waals surface area contributed by atoms with Crippen molar-refractivity contribution in [3.05, 3.63) is 57.8 Å². The molecule has 0 saturated carbocycles. The summed E-state index contributed by atoms with van der Waals surface area (Å²) >= 11 is 1.63. The minimum absolute atomic E-state index is 0.0478. The highest BCUT2D eigenvalue weighted by molar-refractivity contribution is 7.07. The number of rotatable bonds is 6. The lowest BCUT2D eigenvalue weighted by molar-refractivity contribution is -0.137. The van der Waals surface area contributed by atoms with Gasteiger partial charge in [-0.15, -0.1) is 0 Å². The lowest BCUT2D eigenvalue weighted by Crippen LogP contribution is -2.37. The zero-order chi connectivity index (χ0) is 15.3. The van der Waals surface area contributed by atoms with Crippen LogP contribution in [0.1, 0.15) is 23.1 Å². The molecule has 0 fully saturated rings. The highest BCUT2D eigenvalue weighted by Gasteiger charge is 2.30. The standard InChI is InChI=1S/C15H17F3N2S/c16-15(17,18)13-3-1-2-12(8-13)9-14(20-19)5-4-11-6-7-21-10-11/h1-3,6-8,10,14,20H,4-5,9,19H2. The lowest BCUT2D eigenvalue weighted by Gasteiger charge is -2.16. The Kier molecular flexibility index (Phi) is 5.39. The van der Waals surface area contributed by atoms with Crippen LogP contribution in [0.5, 0.6) is 0 Å². The summed E-state index contributed by atoms with van der Waals surface area (Å²) in [7, 11) is 0. The van der Waals surface area contributed by atoms with Gasteiger partial charge in [0.2, 0.25) is 0 Å². The number of hydrogen-bond acceptors (Lipinski definition) is 3. The zero-order valence-electron chi connectivity index (χ0n) is 11.4. The van der Waals surface area contributed by atoms with E-state index in [2.05, 4.69) is 10.8 Å². The van der Waals surface area contributed by atoms with E-state index in [1.165, 1.54) is 17.7 Å². The van der Waals surface area contributed by atoms with Crippen molar-refractivity contribution in [1.29, 1.82) is 0 Å². The van der Waals surface area contributed by atoms with Crippen molar-refractivity contribution in [2.45, 2.75) is 31.5 Å². The summed E-state index contributed by atoms with van der Waals surface area (Å²) in [6.45, 7) is 0. The number of nitrogens with two attached hydrogens (primary N) is 1. The molecule has 21 heavy (non-hydrogen) atoms. The second kappa shape index (κ2) is 7.06. The maximum Gasteiger partial charge on any atom is 0.416 e. The van der Waals surface area contributed by atoms with E-state index < -0.39 is 11.7 Å². The molecule has 2 nitrogen and oxygen atoms in total. The van der Waals surface area contributed by atoms with Crippen LogP contribution in [0.15, 0.2) is 41.1 Å². The van der Waals surface area contributed by atoms with Gasteiger partial charge in [0.1, 0.15) is 0 Å². The summed E-state index contributed by atoms with van der Waals surface area (Å²) in [6, 6.07) is 7.40. The molecule has 1 unspecified atom stereocenters. The predicted molar refractivity (Wildman–Crippen MR) is 78.9 cm³/mol. The monoisotopic (exact) mass is 314 g/mol. The Hall–Kier alpha value is -1.37. The predicted octanol–water partition coefficient (Wildman–Crippen LogP) is 3.77. The fourth-order valence-corrected chi connectivity index (χ4v) is 2.88. The molecule has 0 bridgehead atoms. The number of thiophene rings is 1.